The van der Waals surface area contributed by atoms with Crippen LogP contribution in [0.3, 0.4) is 0 Å². The molecule has 0 saturated carbocycles. The molecular weight excluding hydrogens is 460 g/mol. The molecule has 2 amide bonds. The van der Waals surface area contributed by atoms with Gasteiger partial charge in [0.15, 0.2) is 0 Å². The average molecular weight is 487 g/mol. The number of cyclic esters (lactones) is 1. The fourth-order valence-electron chi connectivity index (χ4n) is 5.62. The number of aliphatic hydroxyl groups is 1. The summed E-state index contributed by atoms with van der Waals surface area (Å²) in [4.78, 5) is 44.0. The summed E-state index contributed by atoms with van der Waals surface area (Å²) in [5.41, 5.74) is -0.786. The van der Waals surface area contributed by atoms with Crippen LogP contribution in [0.25, 0.3) is 0 Å². The molecule has 4 heterocycles. The number of para-hydroxylation sites is 1. The van der Waals surface area contributed by atoms with Crippen molar-refractivity contribution in [3.8, 4) is 0 Å². The van der Waals surface area contributed by atoms with E-state index in [0.717, 1.165) is 6.42 Å². The Morgan fingerprint density at radius 3 is 2.76 bits per heavy atom. The van der Waals surface area contributed by atoms with Gasteiger partial charge in [0.2, 0.25) is 5.91 Å². The lowest BCUT2D eigenvalue weighted by molar-refractivity contribution is -0.154. The van der Waals surface area contributed by atoms with Gasteiger partial charge >= 0.3 is 5.97 Å². The fourth-order valence-corrected chi connectivity index (χ4v) is 5.86. The Bertz CT molecular complexity index is 1060. The van der Waals surface area contributed by atoms with Crippen LogP contribution >= 0.6 is 11.6 Å². The number of ether oxygens (including phenoxy) is 2. The second-order valence-corrected chi connectivity index (χ2v) is 9.40. The number of esters is 1. The number of carbonyl (C=O) groups excluding carboxylic acids is 3. The van der Waals surface area contributed by atoms with Gasteiger partial charge in [-0.1, -0.05) is 48.0 Å². The van der Waals surface area contributed by atoms with E-state index in [1.165, 1.54) is 4.90 Å². The second-order valence-electron chi connectivity index (χ2n) is 8.99. The third kappa shape index (κ3) is 3.56. The minimum Gasteiger partial charge on any atom is -0.465 e. The number of benzene rings is 1. The number of amides is 2. The highest BCUT2D eigenvalue weighted by Crippen LogP contribution is 2.53. The molecule has 1 aromatic carbocycles. The van der Waals surface area contributed by atoms with Crippen LogP contribution in [0.15, 0.2) is 48.6 Å². The van der Waals surface area contributed by atoms with Crippen LogP contribution in [0.4, 0.5) is 5.69 Å². The Morgan fingerprint density at radius 1 is 1.15 bits per heavy atom. The molecule has 2 saturated heterocycles. The van der Waals surface area contributed by atoms with Gasteiger partial charge in [-0.2, -0.15) is 0 Å². The molecule has 34 heavy (non-hydrogen) atoms. The summed E-state index contributed by atoms with van der Waals surface area (Å²) in [7, 11) is 0. The van der Waals surface area contributed by atoms with Crippen LogP contribution in [0.5, 0.6) is 0 Å². The van der Waals surface area contributed by atoms with Gasteiger partial charge in [0.05, 0.1) is 29.3 Å². The molecule has 5 atom stereocenters. The Kier molecular flexibility index (Phi) is 6.22. The summed E-state index contributed by atoms with van der Waals surface area (Å²) in [6.45, 7) is 0.547. The number of hydrogen-bond acceptors (Lipinski definition) is 6. The van der Waals surface area contributed by atoms with Crippen molar-refractivity contribution in [1.29, 1.82) is 0 Å². The van der Waals surface area contributed by atoms with E-state index in [-0.39, 0.29) is 38.1 Å². The minimum absolute atomic E-state index is 0.135. The third-order valence-corrected chi connectivity index (χ3v) is 7.37. The van der Waals surface area contributed by atoms with Crippen molar-refractivity contribution in [2.45, 2.75) is 37.0 Å². The monoisotopic (exact) mass is 486 g/mol. The standard InChI is InChI=1S/C25H27ClN2O6/c26-16-8-3-4-9-17(16)27-12-6-11-25-20(22(30)28(13-7-14-29)21(25)23(27)31)19-18(34-25)10-2-1-5-15-33-24(19)32/h2-4,6,8-11,18-21,29H,1,5,7,12-15H2/b10-2-/t18-,19+,20+,21?,25+/m1/s1. The van der Waals surface area contributed by atoms with Gasteiger partial charge in [-0.25, -0.2) is 0 Å². The quantitative estimate of drug-likeness (QED) is 0.517. The summed E-state index contributed by atoms with van der Waals surface area (Å²) < 4.78 is 12.0. The molecule has 5 rings (SSSR count). The first-order valence-corrected chi connectivity index (χ1v) is 12.0. The molecule has 0 radical (unpaired) electrons. The maximum Gasteiger partial charge on any atom is 0.312 e. The first-order chi connectivity index (χ1) is 16.5. The van der Waals surface area contributed by atoms with Gasteiger partial charge in [-0.3, -0.25) is 14.4 Å². The molecule has 4 aliphatic rings. The predicted octanol–water partition coefficient (Wildman–Crippen LogP) is 2.10. The van der Waals surface area contributed by atoms with Gasteiger partial charge in [0.1, 0.15) is 17.6 Å². The van der Waals surface area contributed by atoms with Crippen LogP contribution in [-0.4, -0.2) is 71.8 Å². The molecule has 9 heteroatoms. The smallest absolute Gasteiger partial charge is 0.312 e. The summed E-state index contributed by atoms with van der Waals surface area (Å²) >= 11 is 6.41. The Hall–Kier alpha value is -2.68. The largest absolute Gasteiger partial charge is 0.465 e. The highest BCUT2D eigenvalue weighted by atomic mass is 35.5. The Morgan fingerprint density at radius 2 is 1.97 bits per heavy atom. The van der Waals surface area contributed by atoms with E-state index in [1.54, 1.807) is 41.3 Å². The van der Waals surface area contributed by atoms with E-state index in [0.29, 0.717) is 23.6 Å². The zero-order valence-electron chi connectivity index (χ0n) is 18.6. The number of halogens is 1. The lowest BCUT2D eigenvalue weighted by Gasteiger charge is -2.35. The first kappa shape index (κ1) is 23.1. The molecule has 0 aromatic heterocycles. The molecule has 2 fully saturated rings. The van der Waals surface area contributed by atoms with E-state index in [2.05, 4.69) is 0 Å². The fraction of sp³-hybridized carbons (Fsp3) is 0.480. The summed E-state index contributed by atoms with van der Waals surface area (Å²) in [5.74, 6) is -2.91. The predicted molar refractivity (Wildman–Crippen MR) is 124 cm³/mol. The van der Waals surface area contributed by atoms with Crippen LogP contribution < -0.4 is 4.90 Å². The number of rotatable bonds is 4. The number of likely N-dealkylation sites (tertiary alicyclic amines) is 1. The van der Waals surface area contributed by atoms with Crippen LogP contribution in [0.2, 0.25) is 5.02 Å². The molecular formula is C25H27ClN2O6. The van der Waals surface area contributed by atoms with Crippen molar-refractivity contribution in [3.05, 3.63) is 53.6 Å². The number of hydrogen-bond donors (Lipinski definition) is 1. The van der Waals surface area contributed by atoms with E-state index in [1.807, 2.05) is 12.2 Å². The number of aliphatic hydroxyl groups excluding tert-OH is 1. The van der Waals surface area contributed by atoms with Crippen molar-refractivity contribution in [3.63, 3.8) is 0 Å². The van der Waals surface area contributed by atoms with Crippen molar-refractivity contribution in [1.82, 2.24) is 4.90 Å². The number of nitrogens with zero attached hydrogens (tertiary/aromatic N) is 2. The summed E-state index contributed by atoms with van der Waals surface area (Å²) in [5, 5.41) is 9.86. The molecule has 8 nitrogen and oxygen atoms in total. The average Bonchev–Trinajstić information content (AvgIpc) is 3.23. The maximum atomic E-state index is 14.1. The molecule has 4 aliphatic heterocycles. The lowest BCUT2D eigenvalue weighted by atomic mass is 9.78. The van der Waals surface area contributed by atoms with E-state index >= 15 is 0 Å². The minimum atomic E-state index is -1.32. The normalized spacial score (nSPS) is 33.9. The first-order valence-electron chi connectivity index (χ1n) is 11.7. The summed E-state index contributed by atoms with van der Waals surface area (Å²) in [6, 6.07) is 6.04. The highest BCUT2D eigenvalue weighted by molar-refractivity contribution is 6.34. The van der Waals surface area contributed by atoms with Gasteiger partial charge < -0.3 is 24.4 Å². The van der Waals surface area contributed by atoms with Crippen molar-refractivity contribution >= 4 is 35.1 Å². The van der Waals surface area contributed by atoms with Crippen LogP contribution in [0, 0.1) is 11.8 Å². The molecule has 1 N–H and O–H groups in total. The van der Waals surface area contributed by atoms with Crippen molar-refractivity contribution in [2.75, 3.05) is 31.2 Å². The number of fused-ring (bicyclic) bond motifs is 2. The molecule has 0 aliphatic carbocycles. The third-order valence-electron chi connectivity index (χ3n) is 7.05. The van der Waals surface area contributed by atoms with Gasteiger partial charge in [-0.15, -0.1) is 0 Å². The Labute approximate surface area is 202 Å². The zero-order chi connectivity index (χ0) is 23.9. The number of anilines is 1. The van der Waals surface area contributed by atoms with Crippen molar-refractivity contribution in [2.24, 2.45) is 11.8 Å². The highest BCUT2D eigenvalue weighted by Gasteiger charge is 2.71. The molecule has 0 bridgehead atoms. The second kappa shape index (κ2) is 9.17. The number of allylic oxidation sites excluding steroid dienone is 1. The maximum absolute atomic E-state index is 14.1. The van der Waals surface area contributed by atoms with E-state index in [9.17, 15) is 19.5 Å². The van der Waals surface area contributed by atoms with E-state index in [4.69, 9.17) is 21.1 Å². The number of carbonyl (C=O) groups is 3. The van der Waals surface area contributed by atoms with Gasteiger partial charge in [0, 0.05) is 19.7 Å². The summed E-state index contributed by atoms with van der Waals surface area (Å²) in [6.07, 6.45) is 8.39. The Balaban J connectivity index is 1.61. The SMILES string of the molecule is O=C1OCCC/C=C\[C@H]2O[C@]34C=CCN(c5ccccc5Cl)C(=O)C3N(CCCO)C(=O)[C@@H]4[C@@H]12. The lowest BCUT2D eigenvalue weighted by Crippen LogP contribution is -2.55. The zero-order valence-corrected chi connectivity index (χ0v) is 19.4. The molecule has 1 spiro atoms. The van der Waals surface area contributed by atoms with Crippen LogP contribution in [-0.2, 0) is 23.9 Å². The molecule has 180 valence electrons. The van der Waals surface area contributed by atoms with Gasteiger partial charge in [-0.05, 0) is 31.4 Å². The van der Waals surface area contributed by atoms with Crippen molar-refractivity contribution < 1.29 is 29.0 Å². The van der Waals surface area contributed by atoms with Gasteiger partial charge in [0.25, 0.3) is 5.91 Å². The molecule has 1 unspecified atom stereocenters. The van der Waals surface area contributed by atoms with Crippen LogP contribution in [0.1, 0.15) is 19.3 Å². The topological polar surface area (TPSA) is 96.4 Å². The van der Waals surface area contributed by atoms with E-state index < -0.39 is 35.6 Å². The molecule has 1 aromatic rings.